The van der Waals surface area contributed by atoms with E-state index in [0.717, 1.165) is 16.0 Å². The summed E-state index contributed by atoms with van der Waals surface area (Å²) in [6.07, 6.45) is 3.25. The highest BCUT2D eigenvalue weighted by molar-refractivity contribution is 9.10. The number of hydrogen-bond acceptors (Lipinski definition) is 3. The smallest absolute Gasteiger partial charge is 0.148 e. The zero-order valence-electron chi connectivity index (χ0n) is 9.81. The van der Waals surface area contributed by atoms with Crippen molar-refractivity contribution in [1.29, 1.82) is 0 Å². The standard InChI is InChI=1S/C13H14BrN3/c1-9(2)10-4-3-5-11(6-10)17-13-12(14)7-15-8-16-13/h3-9H,1-2H3,(H,15,16,17). The van der Waals surface area contributed by atoms with Gasteiger partial charge in [0.15, 0.2) is 0 Å². The molecule has 0 fully saturated rings. The van der Waals surface area contributed by atoms with Crippen LogP contribution in [0, 0.1) is 0 Å². The third kappa shape index (κ3) is 3.03. The molecule has 1 heterocycles. The van der Waals surface area contributed by atoms with Gasteiger partial charge in [0.1, 0.15) is 12.1 Å². The average molecular weight is 292 g/mol. The fraction of sp³-hybridized carbons (Fsp3) is 0.231. The Morgan fingerprint density at radius 1 is 1.29 bits per heavy atom. The van der Waals surface area contributed by atoms with Crippen molar-refractivity contribution in [3.05, 3.63) is 46.8 Å². The Kier molecular flexibility index (Phi) is 3.74. The highest BCUT2D eigenvalue weighted by Gasteiger charge is 2.03. The molecule has 0 bridgehead atoms. The number of benzene rings is 1. The Morgan fingerprint density at radius 3 is 2.82 bits per heavy atom. The molecule has 88 valence electrons. The molecule has 0 atom stereocenters. The first-order valence-corrected chi connectivity index (χ1v) is 6.28. The lowest BCUT2D eigenvalue weighted by Gasteiger charge is -2.10. The summed E-state index contributed by atoms with van der Waals surface area (Å²) in [7, 11) is 0. The Bertz CT molecular complexity index is 512. The van der Waals surface area contributed by atoms with E-state index < -0.39 is 0 Å². The minimum Gasteiger partial charge on any atom is -0.339 e. The van der Waals surface area contributed by atoms with E-state index in [-0.39, 0.29) is 0 Å². The summed E-state index contributed by atoms with van der Waals surface area (Å²) in [5.74, 6) is 1.30. The van der Waals surface area contributed by atoms with Gasteiger partial charge in [-0.15, -0.1) is 0 Å². The topological polar surface area (TPSA) is 37.8 Å². The summed E-state index contributed by atoms with van der Waals surface area (Å²) < 4.78 is 0.856. The number of aromatic nitrogens is 2. The second-order valence-electron chi connectivity index (χ2n) is 4.12. The van der Waals surface area contributed by atoms with Crippen LogP contribution in [0.3, 0.4) is 0 Å². The van der Waals surface area contributed by atoms with E-state index in [4.69, 9.17) is 0 Å². The Morgan fingerprint density at radius 2 is 2.12 bits per heavy atom. The van der Waals surface area contributed by atoms with Crippen molar-refractivity contribution in [3.8, 4) is 0 Å². The fourth-order valence-corrected chi connectivity index (χ4v) is 1.84. The first-order chi connectivity index (χ1) is 8.16. The lowest BCUT2D eigenvalue weighted by Crippen LogP contribution is -1.96. The summed E-state index contributed by atoms with van der Waals surface area (Å²) >= 11 is 3.41. The molecule has 0 amide bonds. The van der Waals surface area contributed by atoms with Crippen molar-refractivity contribution in [3.63, 3.8) is 0 Å². The van der Waals surface area contributed by atoms with Crippen LogP contribution in [0.4, 0.5) is 11.5 Å². The van der Waals surface area contributed by atoms with Crippen molar-refractivity contribution >= 4 is 27.4 Å². The van der Waals surface area contributed by atoms with Crippen molar-refractivity contribution < 1.29 is 0 Å². The molecule has 17 heavy (non-hydrogen) atoms. The highest BCUT2D eigenvalue weighted by Crippen LogP contribution is 2.24. The molecular formula is C13H14BrN3. The van der Waals surface area contributed by atoms with Gasteiger partial charge in [0, 0.05) is 11.9 Å². The molecule has 0 aliphatic carbocycles. The quantitative estimate of drug-likeness (QED) is 0.925. The number of nitrogens with zero attached hydrogens (tertiary/aromatic N) is 2. The minimum atomic E-state index is 0.519. The molecule has 0 saturated carbocycles. The van der Waals surface area contributed by atoms with E-state index in [1.54, 1.807) is 6.20 Å². The summed E-state index contributed by atoms with van der Waals surface area (Å²) in [6, 6.07) is 8.34. The van der Waals surface area contributed by atoms with Crippen LogP contribution in [0.15, 0.2) is 41.3 Å². The molecule has 0 unspecified atom stereocenters. The maximum absolute atomic E-state index is 4.18. The van der Waals surface area contributed by atoms with Gasteiger partial charge in [-0.3, -0.25) is 0 Å². The van der Waals surface area contributed by atoms with Crippen LogP contribution >= 0.6 is 15.9 Å². The maximum atomic E-state index is 4.18. The second-order valence-corrected chi connectivity index (χ2v) is 4.98. The lowest BCUT2D eigenvalue weighted by molar-refractivity contribution is 0.867. The van der Waals surface area contributed by atoms with Crippen LogP contribution in [0.2, 0.25) is 0 Å². The molecule has 0 saturated heterocycles. The van der Waals surface area contributed by atoms with Crippen molar-refractivity contribution in [1.82, 2.24) is 9.97 Å². The van der Waals surface area contributed by atoms with E-state index in [1.165, 1.54) is 11.9 Å². The lowest BCUT2D eigenvalue weighted by atomic mass is 10.0. The third-order valence-electron chi connectivity index (χ3n) is 2.48. The molecule has 1 aromatic carbocycles. The molecule has 2 aromatic rings. The first-order valence-electron chi connectivity index (χ1n) is 5.49. The van der Waals surface area contributed by atoms with Gasteiger partial charge in [0.2, 0.25) is 0 Å². The summed E-state index contributed by atoms with van der Waals surface area (Å²) in [6.45, 7) is 4.36. The molecular weight excluding hydrogens is 278 g/mol. The number of anilines is 2. The van der Waals surface area contributed by atoms with E-state index >= 15 is 0 Å². The van der Waals surface area contributed by atoms with Gasteiger partial charge in [-0.1, -0.05) is 26.0 Å². The number of halogens is 1. The minimum absolute atomic E-state index is 0.519. The van der Waals surface area contributed by atoms with E-state index in [2.05, 4.69) is 57.2 Å². The second kappa shape index (κ2) is 5.27. The van der Waals surface area contributed by atoms with Crippen LogP contribution in [0.1, 0.15) is 25.3 Å². The number of nitrogens with one attached hydrogen (secondary N) is 1. The van der Waals surface area contributed by atoms with Gasteiger partial charge in [0.05, 0.1) is 4.47 Å². The van der Waals surface area contributed by atoms with E-state index in [0.29, 0.717) is 5.92 Å². The third-order valence-corrected chi connectivity index (χ3v) is 3.06. The number of rotatable bonds is 3. The molecule has 0 radical (unpaired) electrons. The monoisotopic (exact) mass is 291 g/mol. The van der Waals surface area contributed by atoms with Crippen LogP contribution in [-0.2, 0) is 0 Å². The van der Waals surface area contributed by atoms with Crippen LogP contribution in [0.5, 0.6) is 0 Å². The highest BCUT2D eigenvalue weighted by atomic mass is 79.9. The zero-order chi connectivity index (χ0) is 12.3. The zero-order valence-corrected chi connectivity index (χ0v) is 11.4. The molecule has 2 rings (SSSR count). The van der Waals surface area contributed by atoms with E-state index in [9.17, 15) is 0 Å². The van der Waals surface area contributed by atoms with E-state index in [1.807, 2.05) is 12.1 Å². The Labute approximate surface area is 109 Å². The summed E-state index contributed by atoms with van der Waals surface area (Å²) in [4.78, 5) is 8.11. The largest absolute Gasteiger partial charge is 0.339 e. The molecule has 1 N–H and O–H groups in total. The first kappa shape index (κ1) is 12.0. The predicted molar refractivity (Wildman–Crippen MR) is 73.5 cm³/mol. The van der Waals surface area contributed by atoms with Crippen LogP contribution in [0.25, 0.3) is 0 Å². The van der Waals surface area contributed by atoms with Gasteiger partial charge in [-0.25, -0.2) is 9.97 Å². The molecule has 0 spiro atoms. The Balaban J connectivity index is 2.25. The van der Waals surface area contributed by atoms with Gasteiger partial charge in [-0.05, 0) is 39.5 Å². The van der Waals surface area contributed by atoms with Crippen molar-refractivity contribution in [2.24, 2.45) is 0 Å². The normalized spacial score (nSPS) is 10.6. The maximum Gasteiger partial charge on any atom is 0.148 e. The van der Waals surface area contributed by atoms with Crippen molar-refractivity contribution in [2.75, 3.05) is 5.32 Å². The van der Waals surface area contributed by atoms with Gasteiger partial charge in [0.25, 0.3) is 0 Å². The van der Waals surface area contributed by atoms with Crippen LogP contribution in [-0.4, -0.2) is 9.97 Å². The Hall–Kier alpha value is -1.42. The molecule has 1 aromatic heterocycles. The molecule has 3 nitrogen and oxygen atoms in total. The van der Waals surface area contributed by atoms with Crippen LogP contribution < -0.4 is 5.32 Å². The average Bonchev–Trinajstić information content (AvgIpc) is 2.32. The van der Waals surface area contributed by atoms with Gasteiger partial charge in [-0.2, -0.15) is 0 Å². The molecule has 4 heteroatoms. The predicted octanol–water partition coefficient (Wildman–Crippen LogP) is 4.11. The SMILES string of the molecule is CC(C)c1cccc(Nc2ncncc2Br)c1. The van der Waals surface area contributed by atoms with Gasteiger partial charge >= 0.3 is 0 Å². The summed E-state index contributed by atoms with van der Waals surface area (Å²) in [5.41, 5.74) is 2.34. The molecule has 0 aliphatic heterocycles. The molecule has 0 aliphatic rings. The van der Waals surface area contributed by atoms with Gasteiger partial charge < -0.3 is 5.32 Å². The fourth-order valence-electron chi connectivity index (χ4n) is 1.52. The summed E-state index contributed by atoms with van der Waals surface area (Å²) in [5, 5.41) is 3.27. The number of hydrogen-bond donors (Lipinski definition) is 1. The van der Waals surface area contributed by atoms with Crippen molar-refractivity contribution in [2.45, 2.75) is 19.8 Å².